The van der Waals surface area contributed by atoms with Crippen molar-refractivity contribution < 1.29 is 13.7 Å². The van der Waals surface area contributed by atoms with E-state index >= 15 is 0 Å². The molecule has 1 amide bonds. The van der Waals surface area contributed by atoms with Gasteiger partial charge in [0.1, 0.15) is 17.6 Å². The van der Waals surface area contributed by atoms with E-state index in [4.69, 9.17) is 8.94 Å². The summed E-state index contributed by atoms with van der Waals surface area (Å²) in [5, 5.41) is 6.46. The third-order valence-corrected chi connectivity index (χ3v) is 3.79. The molecule has 6 nitrogen and oxygen atoms in total. The monoisotopic (exact) mass is 301 g/mol. The number of nitrogens with zero attached hydrogens (tertiary/aromatic N) is 2. The molecule has 22 heavy (non-hydrogen) atoms. The second-order valence-corrected chi connectivity index (χ2v) is 5.80. The number of amides is 1. The van der Waals surface area contributed by atoms with Gasteiger partial charge in [0.2, 0.25) is 11.8 Å². The van der Waals surface area contributed by atoms with Crippen molar-refractivity contribution in [2.45, 2.75) is 39.2 Å². The predicted octanol–water partition coefficient (Wildman–Crippen LogP) is 2.99. The van der Waals surface area contributed by atoms with Gasteiger partial charge in [-0.25, -0.2) is 0 Å². The van der Waals surface area contributed by atoms with Crippen molar-refractivity contribution in [2.75, 3.05) is 0 Å². The highest BCUT2D eigenvalue weighted by atomic mass is 16.5. The lowest BCUT2D eigenvalue weighted by molar-refractivity contribution is -0.117. The van der Waals surface area contributed by atoms with Crippen LogP contribution < -0.4 is 5.32 Å². The van der Waals surface area contributed by atoms with Crippen LogP contribution in [0.2, 0.25) is 0 Å². The van der Waals surface area contributed by atoms with Gasteiger partial charge in [0.05, 0.1) is 0 Å². The van der Waals surface area contributed by atoms with E-state index in [9.17, 15) is 4.79 Å². The zero-order valence-electron chi connectivity index (χ0n) is 12.9. The number of aryl methyl sites for hydroxylation is 1. The molecule has 0 radical (unpaired) electrons. The number of furan rings is 1. The van der Waals surface area contributed by atoms with Gasteiger partial charge in [0.25, 0.3) is 0 Å². The Hall–Kier alpha value is -2.37. The Kier molecular flexibility index (Phi) is 3.83. The molecule has 2 heterocycles. The summed E-state index contributed by atoms with van der Waals surface area (Å²) in [6.07, 6.45) is 4.29. The smallest absolute Gasteiger partial charge is 0.248 e. The van der Waals surface area contributed by atoms with Crippen molar-refractivity contribution in [1.82, 2.24) is 15.5 Å². The van der Waals surface area contributed by atoms with Crippen LogP contribution in [0.3, 0.4) is 0 Å². The van der Waals surface area contributed by atoms with Crippen LogP contribution in [-0.2, 0) is 4.79 Å². The van der Waals surface area contributed by atoms with Crippen molar-refractivity contribution in [3.63, 3.8) is 0 Å². The molecule has 1 fully saturated rings. The highest BCUT2D eigenvalue weighted by Crippen LogP contribution is 2.47. The summed E-state index contributed by atoms with van der Waals surface area (Å²) in [7, 11) is 0. The van der Waals surface area contributed by atoms with E-state index in [0.29, 0.717) is 29.3 Å². The molecule has 0 saturated heterocycles. The number of carbonyl (C=O) groups excluding carboxylic acids is 1. The zero-order chi connectivity index (χ0) is 15.7. The second kappa shape index (κ2) is 5.79. The molecule has 0 unspecified atom stereocenters. The first-order chi connectivity index (χ1) is 10.5. The number of nitrogens with one attached hydrogen (secondary N) is 1. The van der Waals surface area contributed by atoms with Gasteiger partial charge in [-0.2, -0.15) is 4.98 Å². The van der Waals surface area contributed by atoms with Crippen LogP contribution in [0.4, 0.5) is 0 Å². The first-order valence-corrected chi connectivity index (χ1v) is 7.41. The maximum atomic E-state index is 11.9. The summed E-state index contributed by atoms with van der Waals surface area (Å²) in [5.41, 5.74) is 0. The average Bonchev–Trinajstić information content (AvgIpc) is 2.91. The molecule has 3 atom stereocenters. The summed E-state index contributed by atoms with van der Waals surface area (Å²) in [6.45, 7) is 5.73. The fourth-order valence-corrected chi connectivity index (χ4v) is 2.35. The van der Waals surface area contributed by atoms with Crippen molar-refractivity contribution in [3.8, 4) is 0 Å². The molecule has 0 aromatic carbocycles. The Morgan fingerprint density at radius 3 is 2.91 bits per heavy atom. The zero-order valence-corrected chi connectivity index (χ0v) is 12.9. The van der Waals surface area contributed by atoms with Crippen LogP contribution in [0, 0.1) is 12.8 Å². The van der Waals surface area contributed by atoms with E-state index < -0.39 is 0 Å². The van der Waals surface area contributed by atoms with E-state index in [-0.39, 0.29) is 11.9 Å². The summed E-state index contributed by atoms with van der Waals surface area (Å²) in [5.74, 6) is 3.63. The third-order valence-electron chi connectivity index (χ3n) is 3.79. The first-order valence-electron chi connectivity index (χ1n) is 7.41. The molecule has 0 aliphatic heterocycles. The Balaban J connectivity index is 1.55. The van der Waals surface area contributed by atoms with Crippen molar-refractivity contribution >= 4 is 12.0 Å². The molecule has 3 rings (SSSR count). The van der Waals surface area contributed by atoms with Gasteiger partial charge >= 0.3 is 0 Å². The third kappa shape index (κ3) is 3.27. The Bertz CT molecular complexity index is 701. The lowest BCUT2D eigenvalue weighted by atomic mass is 10.3. The quantitative estimate of drug-likeness (QED) is 0.859. The Morgan fingerprint density at radius 1 is 1.50 bits per heavy atom. The number of carbonyl (C=O) groups is 1. The number of aromatic nitrogens is 2. The van der Waals surface area contributed by atoms with Crippen LogP contribution in [-0.4, -0.2) is 16.0 Å². The first kappa shape index (κ1) is 14.6. The lowest BCUT2D eigenvalue weighted by Gasteiger charge is -2.06. The van der Waals surface area contributed by atoms with Gasteiger partial charge in [0, 0.05) is 12.0 Å². The Labute approximate surface area is 128 Å². The highest BCUT2D eigenvalue weighted by Gasteiger charge is 2.36. The minimum atomic E-state index is -0.335. The SMILES string of the molecule is Cc1noc([C@H](C)NC(=O)/C=C\c2ccc([C@@H]3C[C@H]3C)o2)n1. The van der Waals surface area contributed by atoms with E-state index in [1.165, 1.54) is 12.5 Å². The van der Waals surface area contributed by atoms with Gasteiger partial charge < -0.3 is 14.3 Å². The summed E-state index contributed by atoms with van der Waals surface area (Å²) < 4.78 is 10.7. The normalized spacial score (nSPS) is 22.0. The van der Waals surface area contributed by atoms with Gasteiger partial charge in [-0.15, -0.1) is 0 Å². The molecule has 1 aliphatic rings. The molecule has 1 saturated carbocycles. The molecular formula is C16H19N3O3. The molecule has 2 aromatic heterocycles. The molecule has 1 aliphatic carbocycles. The van der Waals surface area contributed by atoms with E-state index in [2.05, 4.69) is 22.4 Å². The Morgan fingerprint density at radius 2 is 2.27 bits per heavy atom. The fraction of sp³-hybridized carbons (Fsp3) is 0.438. The van der Waals surface area contributed by atoms with Gasteiger partial charge in [0.15, 0.2) is 5.82 Å². The molecule has 6 heteroatoms. The van der Waals surface area contributed by atoms with Crippen molar-refractivity contribution in [2.24, 2.45) is 5.92 Å². The number of hydrogen-bond donors (Lipinski definition) is 1. The van der Waals surface area contributed by atoms with Crippen molar-refractivity contribution in [3.05, 3.63) is 41.4 Å². The summed E-state index contributed by atoms with van der Waals surface area (Å²) in [4.78, 5) is 16.0. The molecule has 116 valence electrons. The van der Waals surface area contributed by atoms with Crippen LogP contribution in [0.25, 0.3) is 6.08 Å². The second-order valence-electron chi connectivity index (χ2n) is 5.80. The fourth-order valence-electron chi connectivity index (χ4n) is 2.35. The van der Waals surface area contributed by atoms with Crippen LogP contribution in [0.1, 0.15) is 55.5 Å². The lowest BCUT2D eigenvalue weighted by Crippen LogP contribution is -2.24. The van der Waals surface area contributed by atoms with Crippen LogP contribution >= 0.6 is 0 Å². The minimum absolute atomic E-state index is 0.235. The predicted molar refractivity (Wildman–Crippen MR) is 79.9 cm³/mol. The topological polar surface area (TPSA) is 81.2 Å². The van der Waals surface area contributed by atoms with E-state index in [1.807, 2.05) is 12.1 Å². The summed E-state index contributed by atoms with van der Waals surface area (Å²) in [6, 6.07) is 3.53. The van der Waals surface area contributed by atoms with Crippen molar-refractivity contribution in [1.29, 1.82) is 0 Å². The standard InChI is InChI=1S/C16H19N3O3/c1-9-8-13(9)14-6-4-12(21-14)5-7-15(20)17-10(2)16-18-11(3)19-22-16/h4-7,9-10,13H,8H2,1-3H3,(H,17,20)/b7-5-/t9-,10+,13-/m1/s1. The number of rotatable bonds is 5. The summed E-state index contributed by atoms with van der Waals surface area (Å²) >= 11 is 0. The van der Waals surface area contributed by atoms with Gasteiger partial charge in [-0.3, -0.25) is 4.79 Å². The molecule has 2 aromatic rings. The molecule has 0 spiro atoms. The van der Waals surface area contributed by atoms with E-state index in [0.717, 1.165) is 5.76 Å². The van der Waals surface area contributed by atoms with Crippen LogP contribution in [0.15, 0.2) is 27.1 Å². The maximum absolute atomic E-state index is 11.9. The average molecular weight is 301 g/mol. The molecular weight excluding hydrogens is 282 g/mol. The molecule has 1 N–H and O–H groups in total. The van der Waals surface area contributed by atoms with Gasteiger partial charge in [-0.05, 0) is 44.4 Å². The largest absolute Gasteiger partial charge is 0.461 e. The van der Waals surface area contributed by atoms with E-state index in [1.54, 1.807) is 19.9 Å². The maximum Gasteiger partial charge on any atom is 0.248 e. The van der Waals surface area contributed by atoms with Gasteiger partial charge in [-0.1, -0.05) is 12.1 Å². The van der Waals surface area contributed by atoms with Crippen LogP contribution in [0.5, 0.6) is 0 Å². The minimum Gasteiger partial charge on any atom is -0.461 e. The number of hydrogen-bond acceptors (Lipinski definition) is 5. The molecule has 0 bridgehead atoms. The highest BCUT2D eigenvalue weighted by molar-refractivity contribution is 5.91.